The predicted octanol–water partition coefficient (Wildman–Crippen LogP) is 2.22. The van der Waals surface area contributed by atoms with Crippen LogP contribution < -0.4 is 10.5 Å². The van der Waals surface area contributed by atoms with E-state index in [1.165, 1.54) is 6.07 Å². The Balaban J connectivity index is 2.95. The molecule has 114 valence electrons. The van der Waals surface area contributed by atoms with Crippen molar-refractivity contribution in [3.63, 3.8) is 0 Å². The van der Waals surface area contributed by atoms with E-state index < -0.39 is 15.8 Å². The lowest BCUT2D eigenvalue weighted by atomic mass is 10.2. The smallest absolute Gasteiger partial charge is 0.240 e. The third-order valence-electron chi connectivity index (χ3n) is 2.68. The van der Waals surface area contributed by atoms with Crippen molar-refractivity contribution in [2.45, 2.75) is 18.4 Å². The number of thioether (sulfide) groups is 1. The topological polar surface area (TPSA) is 72.2 Å². The van der Waals surface area contributed by atoms with Crippen molar-refractivity contribution in [2.24, 2.45) is 11.7 Å². The Morgan fingerprint density at radius 3 is 2.70 bits per heavy atom. The van der Waals surface area contributed by atoms with Crippen LogP contribution in [0.1, 0.15) is 12.5 Å². The Morgan fingerprint density at radius 2 is 2.15 bits per heavy atom. The molecule has 0 fully saturated rings. The normalized spacial score (nSPS) is 13.4. The molecule has 1 aromatic carbocycles. The van der Waals surface area contributed by atoms with Crippen molar-refractivity contribution in [2.75, 3.05) is 18.6 Å². The molecule has 1 aromatic rings. The molecule has 1 rings (SSSR count). The van der Waals surface area contributed by atoms with E-state index in [2.05, 4.69) is 4.72 Å². The average Bonchev–Trinajstić information content (AvgIpc) is 2.39. The molecule has 0 aliphatic carbocycles. The van der Waals surface area contributed by atoms with Crippen LogP contribution in [0.15, 0.2) is 17.0 Å². The quantitative estimate of drug-likeness (QED) is 0.798. The van der Waals surface area contributed by atoms with Gasteiger partial charge in [0, 0.05) is 13.1 Å². The van der Waals surface area contributed by atoms with Crippen molar-refractivity contribution >= 4 is 33.4 Å². The second-order valence-electron chi connectivity index (χ2n) is 4.49. The predicted molar refractivity (Wildman–Crippen MR) is 82.0 cm³/mol. The summed E-state index contributed by atoms with van der Waals surface area (Å²) in [4.78, 5) is -0.156. The van der Waals surface area contributed by atoms with Gasteiger partial charge in [0.1, 0.15) is 5.82 Å². The number of nitrogens with two attached hydrogens (primary N) is 1. The molecule has 0 saturated carbocycles. The highest BCUT2D eigenvalue weighted by Crippen LogP contribution is 2.24. The van der Waals surface area contributed by atoms with E-state index in [0.29, 0.717) is 6.54 Å². The lowest BCUT2D eigenvalue weighted by molar-refractivity contribution is 0.560. The lowest BCUT2D eigenvalue weighted by Gasteiger charge is -2.13. The third-order valence-corrected chi connectivity index (χ3v) is 5.41. The summed E-state index contributed by atoms with van der Waals surface area (Å²) in [5, 5.41) is -0.137. The first-order valence-corrected chi connectivity index (χ1v) is 9.24. The minimum atomic E-state index is -3.76. The van der Waals surface area contributed by atoms with Gasteiger partial charge < -0.3 is 5.73 Å². The number of nitrogens with one attached hydrogen (secondary N) is 1. The highest BCUT2D eigenvalue weighted by molar-refractivity contribution is 7.98. The second kappa shape index (κ2) is 7.61. The lowest BCUT2D eigenvalue weighted by Crippen LogP contribution is -2.29. The molecule has 0 amide bonds. The van der Waals surface area contributed by atoms with Gasteiger partial charge in [-0.05, 0) is 35.6 Å². The molecule has 0 radical (unpaired) electrons. The number of sulfonamides is 1. The highest BCUT2D eigenvalue weighted by atomic mass is 35.5. The van der Waals surface area contributed by atoms with E-state index in [4.69, 9.17) is 17.3 Å². The van der Waals surface area contributed by atoms with Gasteiger partial charge in [0.25, 0.3) is 0 Å². The Labute approximate surface area is 128 Å². The zero-order valence-electron chi connectivity index (χ0n) is 11.3. The van der Waals surface area contributed by atoms with Crippen LogP contribution in [0.25, 0.3) is 0 Å². The maximum atomic E-state index is 13.6. The molecule has 1 atom stereocenters. The van der Waals surface area contributed by atoms with Gasteiger partial charge in [-0.2, -0.15) is 11.8 Å². The summed E-state index contributed by atoms with van der Waals surface area (Å²) in [6.45, 7) is 2.21. The van der Waals surface area contributed by atoms with E-state index in [0.717, 1.165) is 11.8 Å². The highest BCUT2D eigenvalue weighted by Gasteiger charge is 2.19. The zero-order valence-corrected chi connectivity index (χ0v) is 13.7. The van der Waals surface area contributed by atoms with E-state index in [-0.39, 0.29) is 27.9 Å². The van der Waals surface area contributed by atoms with Gasteiger partial charge >= 0.3 is 0 Å². The van der Waals surface area contributed by atoms with Crippen molar-refractivity contribution in [3.8, 4) is 0 Å². The second-order valence-corrected chi connectivity index (χ2v) is 7.55. The van der Waals surface area contributed by atoms with E-state index in [1.807, 2.05) is 13.2 Å². The van der Waals surface area contributed by atoms with Crippen LogP contribution in [0.5, 0.6) is 0 Å². The maximum Gasteiger partial charge on any atom is 0.240 e. The van der Waals surface area contributed by atoms with Gasteiger partial charge in [-0.15, -0.1) is 0 Å². The zero-order chi connectivity index (χ0) is 15.3. The Kier molecular flexibility index (Phi) is 6.74. The van der Waals surface area contributed by atoms with E-state index >= 15 is 0 Å². The van der Waals surface area contributed by atoms with Crippen molar-refractivity contribution < 1.29 is 12.8 Å². The molecular weight excluding hydrogens is 323 g/mol. The van der Waals surface area contributed by atoms with Gasteiger partial charge in [-0.25, -0.2) is 17.5 Å². The van der Waals surface area contributed by atoms with E-state index in [1.54, 1.807) is 11.8 Å². The van der Waals surface area contributed by atoms with Crippen molar-refractivity contribution in [3.05, 3.63) is 28.5 Å². The summed E-state index contributed by atoms with van der Waals surface area (Å²) in [5.74, 6) is 0.240. The third kappa shape index (κ3) is 4.60. The Bertz CT molecular complexity index is 567. The van der Waals surface area contributed by atoms with Crippen LogP contribution in [0.4, 0.5) is 4.39 Å². The van der Waals surface area contributed by atoms with Crippen LogP contribution in [-0.2, 0) is 16.6 Å². The summed E-state index contributed by atoms with van der Waals surface area (Å²) < 4.78 is 40.3. The summed E-state index contributed by atoms with van der Waals surface area (Å²) in [6, 6.07) is 2.20. The standard InChI is InChI=1S/C12H18ClFN2O2S2/c1-8(7-19-2)6-16-20(17,18)10-3-9(5-15)12(13)11(14)4-10/h3-4,8,16H,5-7,15H2,1-2H3. The Morgan fingerprint density at radius 1 is 1.50 bits per heavy atom. The van der Waals surface area contributed by atoms with Gasteiger partial charge in [0.05, 0.1) is 9.92 Å². The first-order valence-electron chi connectivity index (χ1n) is 5.98. The molecular formula is C12H18ClFN2O2S2. The average molecular weight is 341 g/mol. The molecule has 4 nitrogen and oxygen atoms in total. The minimum absolute atomic E-state index is 0.0258. The first-order chi connectivity index (χ1) is 9.31. The molecule has 0 heterocycles. The van der Waals surface area contributed by atoms with Crippen LogP contribution >= 0.6 is 23.4 Å². The summed E-state index contributed by atoms with van der Waals surface area (Å²) >= 11 is 7.35. The van der Waals surface area contributed by atoms with Crippen LogP contribution in [0.3, 0.4) is 0 Å². The molecule has 20 heavy (non-hydrogen) atoms. The van der Waals surface area contributed by atoms with E-state index in [9.17, 15) is 12.8 Å². The SMILES string of the molecule is CSCC(C)CNS(=O)(=O)c1cc(F)c(Cl)c(CN)c1. The first kappa shape index (κ1) is 17.7. The van der Waals surface area contributed by atoms with Gasteiger partial charge in [0.2, 0.25) is 10.0 Å². The molecule has 1 unspecified atom stereocenters. The number of hydrogen-bond donors (Lipinski definition) is 2. The van der Waals surface area contributed by atoms with Gasteiger partial charge in [-0.3, -0.25) is 0 Å². The van der Waals surface area contributed by atoms with Gasteiger partial charge in [0.15, 0.2) is 0 Å². The fourth-order valence-corrected chi connectivity index (χ4v) is 3.70. The molecule has 0 aliphatic rings. The largest absolute Gasteiger partial charge is 0.326 e. The Hall–Kier alpha value is -0.340. The summed E-state index contributed by atoms with van der Waals surface area (Å²) in [5.41, 5.74) is 5.69. The maximum absolute atomic E-state index is 13.6. The molecule has 0 saturated heterocycles. The molecule has 0 spiro atoms. The van der Waals surface area contributed by atoms with Crippen LogP contribution in [0, 0.1) is 11.7 Å². The molecule has 8 heteroatoms. The fourth-order valence-electron chi connectivity index (χ4n) is 1.60. The molecule has 0 bridgehead atoms. The summed E-state index contributed by atoms with van der Waals surface area (Å²) in [6.07, 6.45) is 1.95. The molecule has 0 aromatic heterocycles. The minimum Gasteiger partial charge on any atom is -0.326 e. The number of rotatable bonds is 7. The van der Waals surface area contributed by atoms with Crippen molar-refractivity contribution in [1.82, 2.24) is 4.72 Å². The summed E-state index contributed by atoms with van der Waals surface area (Å²) in [7, 11) is -3.76. The number of halogens is 2. The van der Waals surface area contributed by atoms with Gasteiger partial charge in [-0.1, -0.05) is 18.5 Å². The fraction of sp³-hybridized carbons (Fsp3) is 0.500. The molecule has 3 N–H and O–H groups in total. The van der Waals surface area contributed by atoms with Crippen molar-refractivity contribution in [1.29, 1.82) is 0 Å². The molecule has 0 aliphatic heterocycles. The van der Waals surface area contributed by atoms with Crippen LogP contribution in [0.2, 0.25) is 5.02 Å². The monoisotopic (exact) mass is 340 g/mol. The van der Waals surface area contributed by atoms with Crippen LogP contribution in [-0.4, -0.2) is 27.0 Å². The number of benzene rings is 1. The number of hydrogen-bond acceptors (Lipinski definition) is 4.